The summed E-state index contributed by atoms with van der Waals surface area (Å²) in [7, 11) is 0. The van der Waals surface area contributed by atoms with Crippen LogP contribution < -0.4 is 9.80 Å². The third-order valence-electron chi connectivity index (χ3n) is 6.81. The Morgan fingerprint density at radius 2 is 1.47 bits per heavy atom. The zero-order valence-corrected chi connectivity index (χ0v) is 19.9. The zero-order chi connectivity index (χ0) is 25.1. The molecule has 1 amide bonds. The van der Waals surface area contributed by atoms with Crippen LogP contribution in [0.15, 0.2) is 53.1 Å². The Bertz CT molecular complexity index is 1180. The number of amides is 1. The van der Waals surface area contributed by atoms with E-state index in [1.807, 2.05) is 29.2 Å². The maximum atomic E-state index is 13.0. The van der Waals surface area contributed by atoms with Gasteiger partial charge in [0.15, 0.2) is 0 Å². The van der Waals surface area contributed by atoms with E-state index in [2.05, 4.69) is 15.0 Å². The summed E-state index contributed by atoms with van der Waals surface area (Å²) in [5.74, 6) is -0.115. The molecule has 2 aliphatic rings. The molecule has 0 unspecified atom stereocenters. The Kier molecular flexibility index (Phi) is 6.84. The summed E-state index contributed by atoms with van der Waals surface area (Å²) < 4.78 is 44.4. The Hall–Kier alpha value is -3.56. The van der Waals surface area contributed by atoms with E-state index in [4.69, 9.17) is 4.52 Å². The summed E-state index contributed by atoms with van der Waals surface area (Å²) in [5, 5.41) is 3.99. The Morgan fingerprint density at radius 1 is 0.806 bits per heavy atom. The summed E-state index contributed by atoms with van der Waals surface area (Å²) in [6, 6.07) is 13.2. The molecule has 190 valence electrons. The van der Waals surface area contributed by atoms with Gasteiger partial charge in [0.05, 0.1) is 5.56 Å². The van der Waals surface area contributed by atoms with E-state index in [0.717, 1.165) is 30.8 Å². The quantitative estimate of drug-likeness (QED) is 0.498. The van der Waals surface area contributed by atoms with E-state index >= 15 is 0 Å². The second-order valence-corrected chi connectivity index (χ2v) is 9.20. The number of anilines is 2. The Morgan fingerprint density at radius 3 is 2.14 bits per heavy atom. The van der Waals surface area contributed by atoms with Crippen molar-refractivity contribution in [1.82, 2.24) is 15.0 Å². The van der Waals surface area contributed by atoms with Crippen molar-refractivity contribution in [2.24, 2.45) is 0 Å². The molecule has 0 N–H and O–H groups in total. The van der Waals surface area contributed by atoms with Crippen LogP contribution in [0.25, 0.3) is 11.4 Å². The van der Waals surface area contributed by atoms with Crippen molar-refractivity contribution >= 4 is 17.3 Å². The smallest absolute Gasteiger partial charge is 0.372 e. The lowest BCUT2D eigenvalue weighted by molar-refractivity contribution is -0.137. The van der Waals surface area contributed by atoms with Crippen molar-refractivity contribution in [3.8, 4) is 11.4 Å². The Labute approximate surface area is 207 Å². The summed E-state index contributed by atoms with van der Waals surface area (Å²) in [6.45, 7) is 3.62. The maximum absolute atomic E-state index is 13.0. The SMILES string of the molecule is O=C(c1nc(-c2ccc(N3CCCCCC3)cc2)no1)N1CCN(c2cccc(C(F)(F)F)c2)CC1. The molecule has 2 saturated heterocycles. The van der Waals surface area contributed by atoms with Gasteiger partial charge in [-0.3, -0.25) is 4.79 Å². The van der Waals surface area contributed by atoms with Crippen molar-refractivity contribution in [3.63, 3.8) is 0 Å². The number of hydrogen-bond donors (Lipinski definition) is 0. The van der Waals surface area contributed by atoms with Crippen LogP contribution in [0.4, 0.5) is 24.5 Å². The molecule has 0 aliphatic carbocycles. The normalized spacial score (nSPS) is 17.2. The summed E-state index contributed by atoms with van der Waals surface area (Å²) in [4.78, 5) is 23.0. The van der Waals surface area contributed by atoms with Crippen molar-refractivity contribution < 1.29 is 22.5 Å². The van der Waals surface area contributed by atoms with Gasteiger partial charge in [0.25, 0.3) is 0 Å². The average Bonchev–Trinajstić information content (AvgIpc) is 3.23. The number of aromatic nitrogens is 2. The second kappa shape index (κ2) is 10.2. The van der Waals surface area contributed by atoms with Gasteiger partial charge in [-0.25, -0.2) is 0 Å². The first-order chi connectivity index (χ1) is 17.4. The molecule has 10 heteroatoms. The van der Waals surface area contributed by atoms with E-state index in [-0.39, 0.29) is 11.8 Å². The van der Waals surface area contributed by atoms with Crippen molar-refractivity contribution in [2.45, 2.75) is 31.9 Å². The molecule has 2 aliphatic heterocycles. The van der Waals surface area contributed by atoms with Gasteiger partial charge >= 0.3 is 18.0 Å². The van der Waals surface area contributed by atoms with Crippen LogP contribution in [-0.2, 0) is 6.18 Å². The van der Waals surface area contributed by atoms with Gasteiger partial charge in [-0.15, -0.1) is 0 Å². The molecule has 5 rings (SSSR count). The second-order valence-electron chi connectivity index (χ2n) is 9.20. The fourth-order valence-electron chi connectivity index (χ4n) is 4.76. The topological polar surface area (TPSA) is 65.7 Å². The lowest BCUT2D eigenvalue weighted by atomic mass is 10.1. The van der Waals surface area contributed by atoms with Gasteiger partial charge in [-0.05, 0) is 55.3 Å². The number of benzene rings is 2. The Balaban J connectivity index is 1.20. The van der Waals surface area contributed by atoms with Crippen LogP contribution in [0, 0.1) is 0 Å². The number of halogens is 3. The molecule has 2 fully saturated rings. The molecule has 0 saturated carbocycles. The highest BCUT2D eigenvalue weighted by atomic mass is 19.4. The van der Waals surface area contributed by atoms with Crippen LogP contribution in [0.2, 0.25) is 0 Å². The van der Waals surface area contributed by atoms with Gasteiger partial charge in [0, 0.05) is 56.2 Å². The van der Waals surface area contributed by atoms with Gasteiger partial charge in [-0.2, -0.15) is 18.2 Å². The number of alkyl halides is 3. The highest BCUT2D eigenvalue weighted by molar-refractivity contribution is 5.90. The minimum atomic E-state index is -4.39. The van der Waals surface area contributed by atoms with Crippen LogP contribution in [0.1, 0.15) is 41.9 Å². The minimum Gasteiger partial charge on any atom is -0.372 e. The predicted molar refractivity (Wildman–Crippen MR) is 130 cm³/mol. The molecule has 0 spiro atoms. The molecule has 7 nitrogen and oxygen atoms in total. The molecule has 2 aromatic carbocycles. The standard InChI is InChI=1S/C26H28F3N5O2/c27-26(28,29)20-6-5-7-22(18-20)33-14-16-34(17-15-33)25(35)24-30-23(31-36-24)19-8-10-21(11-9-19)32-12-3-1-2-4-13-32/h5-11,18H,1-4,12-17H2. The molecule has 3 heterocycles. The lowest BCUT2D eigenvalue weighted by Gasteiger charge is -2.35. The van der Waals surface area contributed by atoms with Crippen molar-refractivity contribution in [1.29, 1.82) is 0 Å². The predicted octanol–water partition coefficient (Wildman–Crippen LogP) is 5.10. The number of carbonyl (C=O) groups excluding carboxylic acids is 1. The molecule has 1 aromatic heterocycles. The van der Waals surface area contributed by atoms with Crippen LogP contribution in [0.5, 0.6) is 0 Å². The lowest BCUT2D eigenvalue weighted by Crippen LogP contribution is -2.49. The minimum absolute atomic E-state index is 0.0888. The fourth-order valence-corrected chi connectivity index (χ4v) is 4.76. The van der Waals surface area contributed by atoms with Crippen LogP contribution >= 0.6 is 0 Å². The highest BCUT2D eigenvalue weighted by Gasteiger charge is 2.32. The highest BCUT2D eigenvalue weighted by Crippen LogP contribution is 2.32. The molecular formula is C26H28F3N5O2. The third-order valence-corrected chi connectivity index (χ3v) is 6.81. The van der Waals surface area contributed by atoms with E-state index in [1.54, 1.807) is 11.0 Å². The largest absolute Gasteiger partial charge is 0.416 e. The molecule has 0 radical (unpaired) electrons. The summed E-state index contributed by atoms with van der Waals surface area (Å²) in [5.41, 5.74) is 1.74. The number of carbonyl (C=O) groups is 1. The first-order valence-electron chi connectivity index (χ1n) is 12.3. The first kappa shape index (κ1) is 24.1. The summed E-state index contributed by atoms with van der Waals surface area (Å²) >= 11 is 0. The molecule has 0 bridgehead atoms. The number of nitrogens with zero attached hydrogens (tertiary/aromatic N) is 5. The molecule has 36 heavy (non-hydrogen) atoms. The van der Waals surface area contributed by atoms with E-state index in [0.29, 0.717) is 37.7 Å². The fraction of sp³-hybridized carbons (Fsp3) is 0.423. The molecule has 3 aromatic rings. The summed E-state index contributed by atoms with van der Waals surface area (Å²) in [6.07, 6.45) is 0.554. The van der Waals surface area contributed by atoms with Gasteiger partial charge in [-0.1, -0.05) is 24.1 Å². The third kappa shape index (κ3) is 5.32. The van der Waals surface area contributed by atoms with Gasteiger partial charge in [0.2, 0.25) is 5.82 Å². The van der Waals surface area contributed by atoms with E-state index in [9.17, 15) is 18.0 Å². The van der Waals surface area contributed by atoms with Crippen LogP contribution in [0.3, 0.4) is 0 Å². The monoisotopic (exact) mass is 499 g/mol. The van der Waals surface area contributed by atoms with Crippen LogP contribution in [-0.4, -0.2) is 60.2 Å². The average molecular weight is 500 g/mol. The van der Waals surface area contributed by atoms with E-state index < -0.39 is 11.7 Å². The first-order valence-corrected chi connectivity index (χ1v) is 12.3. The zero-order valence-electron chi connectivity index (χ0n) is 19.9. The van der Waals surface area contributed by atoms with E-state index in [1.165, 1.54) is 37.4 Å². The molecular weight excluding hydrogens is 471 g/mol. The maximum Gasteiger partial charge on any atom is 0.416 e. The number of rotatable bonds is 4. The number of piperazine rings is 1. The van der Waals surface area contributed by atoms with Crippen molar-refractivity contribution in [2.75, 3.05) is 49.1 Å². The van der Waals surface area contributed by atoms with Gasteiger partial charge in [0.1, 0.15) is 0 Å². The van der Waals surface area contributed by atoms with Crippen molar-refractivity contribution in [3.05, 3.63) is 60.0 Å². The number of hydrogen-bond acceptors (Lipinski definition) is 6. The van der Waals surface area contributed by atoms with Gasteiger partial charge < -0.3 is 19.2 Å². The molecule has 0 atom stereocenters.